The van der Waals surface area contributed by atoms with Gasteiger partial charge >= 0.3 is 0 Å². The van der Waals surface area contributed by atoms with Gasteiger partial charge in [-0.1, -0.05) is 36.4 Å². The summed E-state index contributed by atoms with van der Waals surface area (Å²) in [7, 11) is 1.71. The second-order valence-electron chi connectivity index (χ2n) is 6.47. The Morgan fingerprint density at radius 1 is 1.21 bits per heavy atom. The van der Waals surface area contributed by atoms with Gasteiger partial charge in [0.2, 0.25) is 0 Å². The highest BCUT2D eigenvalue weighted by Crippen LogP contribution is 2.54. The van der Waals surface area contributed by atoms with Gasteiger partial charge < -0.3 is 15.2 Å². The summed E-state index contributed by atoms with van der Waals surface area (Å²) in [6.45, 7) is 1.62. The number of hydrogen-bond acceptors (Lipinski definition) is 4. The smallest absolute Gasteiger partial charge is 0.132 e. The van der Waals surface area contributed by atoms with Gasteiger partial charge in [-0.15, -0.1) is 11.8 Å². The molecule has 0 heterocycles. The van der Waals surface area contributed by atoms with Crippen LogP contribution in [0.2, 0.25) is 0 Å². The van der Waals surface area contributed by atoms with Crippen molar-refractivity contribution < 1.29 is 9.84 Å². The highest BCUT2D eigenvalue weighted by molar-refractivity contribution is 7.98. The lowest BCUT2D eigenvalue weighted by molar-refractivity contribution is 0.0917. The fourth-order valence-corrected chi connectivity index (χ4v) is 3.69. The zero-order valence-electron chi connectivity index (χ0n) is 14.3. The molecule has 1 fully saturated rings. The van der Waals surface area contributed by atoms with Crippen LogP contribution in [0.4, 0.5) is 0 Å². The third-order valence-electron chi connectivity index (χ3n) is 4.84. The van der Waals surface area contributed by atoms with Crippen molar-refractivity contribution in [2.75, 3.05) is 19.9 Å². The highest BCUT2D eigenvalue weighted by atomic mass is 32.2. The topological polar surface area (TPSA) is 41.5 Å². The summed E-state index contributed by atoms with van der Waals surface area (Å²) in [5.41, 5.74) is 2.21. The number of aliphatic hydroxyl groups excluding tert-OH is 1. The molecule has 0 aromatic heterocycles. The number of thioether (sulfide) groups is 1. The van der Waals surface area contributed by atoms with Crippen molar-refractivity contribution in [1.29, 1.82) is 0 Å². The van der Waals surface area contributed by atoms with E-state index in [2.05, 4.69) is 29.8 Å². The zero-order valence-corrected chi connectivity index (χ0v) is 15.1. The van der Waals surface area contributed by atoms with Crippen molar-refractivity contribution >= 4 is 11.8 Å². The Bertz CT molecular complexity index is 671. The Balaban J connectivity index is 1.58. The molecule has 0 radical (unpaired) electrons. The lowest BCUT2D eigenvalue weighted by Gasteiger charge is -2.23. The first-order valence-corrected chi connectivity index (χ1v) is 9.56. The normalized spacial score (nSPS) is 16.6. The fraction of sp³-hybridized carbons (Fsp3) is 0.400. The quantitative estimate of drug-likeness (QED) is 0.710. The Hall–Kier alpha value is -1.49. The van der Waals surface area contributed by atoms with Crippen molar-refractivity contribution in [2.45, 2.75) is 30.4 Å². The van der Waals surface area contributed by atoms with Gasteiger partial charge in [-0.25, -0.2) is 0 Å². The van der Waals surface area contributed by atoms with Gasteiger partial charge in [-0.05, 0) is 42.4 Å². The van der Waals surface area contributed by atoms with Crippen LogP contribution in [-0.2, 0) is 6.54 Å². The number of nitrogens with one attached hydrogen (secondary N) is 1. The van der Waals surface area contributed by atoms with E-state index in [0.29, 0.717) is 0 Å². The Morgan fingerprint density at radius 3 is 2.58 bits per heavy atom. The molecule has 0 bridgehead atoms. The van der Waals surface area contributed by atoms with Gasteiger partial charge in [0, 0.05) is 23.4 Å². The molecule has 1 saturated carbocycles. The molecule has 2 aromatic carbocycles. The highest BCUT2D eigenvalue weighted by Gasteiger charge is 2.48. The van der Waals surface area contributed by atoms with Gasteiger partial charge in [-0.2, -0.15) is 0 Å². The molecule has 1 unspecified atom stereocenters. The van der Waals surface area contributed by atoms with E-state index in [1.807, 2.05) is 30.3 Å². The van der Waals surface area contributed by atoms with Crippen molar-refractivity contribution in [1.82, 2.24) is 5.32 Å². The Labute approximate surface area is 148 Å². The number of ether oxygens (including phenoxy) is 1. The van der Waals surface area contributed by atoms with E-state index >= 15 is 0 Å². The summed E-state index contributed by atoms with van der Waals surface area (Å²) in [6, 6.07) is 16.3. The van der Waals surface area contributed by atoms with Crippen molar-refractivity contribution in [3.63, 3.8) is 0 Å². The SMILES string of the molecule is COc1cc(CNCC2(C(O)c3ccccc3)CC2)ccc1SC. The molecule has 128 valence electrons. The molecule has 0 spiro atoms. The number of rotatable bonds is 8. The van der Waals surface area contributed by atoms with E-state index in [1.54, 1.807) is 18.9 Å². The maximum absolute atomic E-state index is 10.7. The molecule has 24 heavy (non-hydrogen) atoms. The zero-order chi connectivity index (χ0) is 17.0. The molecule has 2 aromatic rings. The predicted octanol–water partition coefficient (Wildman–Crippen LogP) is 4.02. The number of hydrogen-bond donors (Lipinski definition) is 2. The van der Waals surface area contributed by atoms with Crippen LogP contribution in [0, 0.1) is 5.41 Å². The minimum Gasteiger partial charge on any atom is -0.496 e. The molecule has 2 N–H and O–H groups in total. The molecule has 0 aliphatic heterocycles. The van der Waals surface area contributed by atoms with E-state index in [4.69, 9.17) is 4.74 Å². The molecule has 3 nitrogen and oxygen atoms in total. The van der Waals surface area contributed by atoms with Crippen LogP contribution in [0.3, 0.4) is 0 Å². The number of methoxy groups -OCH3 is 1. The summed E-state index contributed by atoms with van der Waals surface area (Å²) in [6.07, 6.45) is 3.81. The third kappa shape index (κ3) is 3.77. The molecule has 3 rings (SSSR count). The predicted molar refractivity (Wildman–Crippen MR) is 99.6 cm³/mol. The summed E-state index contributed by atoms with van der Waals surface area (Å²) < 4.78 is 5.44. The standard InChI is InChI=1S/C20H25NO2S/c1-23-17-12-15(8-9-18(17)24-2)13-21-14-20(10-11-20)19(22)16-6-4-3-5-7-16/h3-9,12,19,21-22H,10-11,13-14H2,1-2H3. The summed E-state index contributed by atoms with van der Waals surface area (Å²) >= 11 is 1.69. The second-order valence-corrected chi connectivity index (χ2v) is 7.32. The van der Waals surface area contributed by atoms with E-state index in [-0.39, 0.29) is 11.5 Å². The average molecular weight is 343 g/mol. The summed E-state index contributed by atoms with van der Waals surface area (Å²) in [5, 5.41) is 14.2. The minimum absolute atomic E-state index is 0.00928. The minimum atomic E-state index is -0.389. The van der Waals surface area contributed by atoms with E-state index in [9.17, 15) is 5.11 Å². The molecule has 1 aliphatic rings. The Kier molecular flexibility index (Phi) is 5.49. The molecule has 1 atom stereocenters. The molecule has 0 amide bonds. The van der Waals surface area contributed by atoms with Gasteiger partial charge in [-0.3, -0.25) is 0 Å². The first-order valence-electron chi connectivity index (χ1n) is 8.33. The van der Waals surface area contributed by atoms with Crippen LogP contribution in [0.1, 0.15) is 30.1 Å². The molecule has 1 aliphatic carbocycles. The third-order valence-corrected chi connectivity index (χ3v) is 5.62. The van der Waals surface area contributed by atoms with Gasteiger partial charge in [0.05, 0.1) is 13.2 Å². The summed E-state index contributed by atoms with van der Waals surface area (Å²) in [4.78, 5) is 1.15. The first kappa shape index (κ1) is 17.3. The van der Waals surface area contributed by atoms with Crippen molar-refractivity contribution in [3.8, 4) is 5.75 Å². The first-order chi connectivity index (χ1) is 11.7. The number of aliphatic hydroxyl groups is 1. The van der Waals surface area contributed by atoms with Gasteiger partial charge in [0.1, 0.15) is 5.75 Å². The van der Waals surface area contributed by atoms with Crippen LogP contribution in [-0.4, -0.2) is 25.0 Å². The average Bonchev–Trinajstić information content (AvgIpc) is 3.42. The molecule has 4 heteroatoms. The van der Waals surface area contributed by atoms with Crippen LogP contribution >= 0.6 is 11.8 Å². The fourth-order valence-electron chi connectivity index (χ4n) is 3.14. The van der Waals surface area contributed by atoms with E-state index in [1.165, 1.54) is 5.56 Å². The molecule has 0 saturated heterocycles. The maximum Gasteiger partial charge on any atom is 0.132 e. The number of benzene rings is 2. The molecular formula is C20H25NO2S. The monoisotopic (exact) mass is 343 g/mol. The van der Waals surface area contributed by atoms with Gasteiger partial charge in [0.25, 0.3) is 0 Å². The maximum atomic E-state index is 10.7. The van der Waals surface area contributed by atoms with Crippen LogP contribution in [0.25, 0.3) is 0 Å². The van der Waals surface area contributed by atoms with Gasteiger partial charge in [0.15, 0.2) is 0 Å². The molecular weight excluding hydrogens is 318 g/mol. The van der Waals surface area contributed by atoms with Crippen LogP contribution < -0.4 is 10.1 Å². The lowest BCUT2D eigenvalue weighted by atomic mass is 9.92. The summed E-state index contributed by atoms with van der Waals surface area (Å²) in [5.74, 6) is 0.923. The Morgan fingerprint density at radius 2 is 1.96 bits per heavy atom. The van der Waals surface area contributed by atoms with E-state index in [0.717, 1.165) is 42.1 Å². The van der Waals surface area contributed by atoms with E-state index < -0.39 is 0 Å². The largest absolute Gasteiger partial charge is 0.496 e. The lowest BCUT2D eigenvalue weighted by Crippen LogP contribution is -2.28. The van der Waals surface area contributed by atoms with Crippen molar-refractivity contribution in [2.24, 2.45) is 5.41 Å². The van der Waals surface area contributed by atoms with Crippen LogP contribution in [0.5, 0.6) is 5.75 Å². The van der Waals surface area contributed by atoms with Crippen LogP contribution in [0.15, 0.2) is 53.4 Å². The second kappa shape index (κ2) is 7.60. The van der Waals surface area contributed by atoms with Crippen molar-refractivity contribution in [3.05, 3.63) is 59.7 Å².